The van der Waals surface area contributed by atoms with Crippen molar-refractivity contribution in [2.75, 3.05) is 18.2 Å². The van der Waals surface area contributed by atoms with Crippen LogP contribution in [0.2, 0.25) is 5.02 Å². The highest BCUT2D eigenvalue weighted by atomic mass is 35.5. The fourth-order valence-electron chi connectivity index (χ4n) is 2.62. The Morgan fingerprint density at radius 2 is 1.88 bits per heavy atom. The van der Waals surface area contributed by atoms with Gasteiger partial charge in [0.15, 0.2) is 9.84 Å². The fraction of sp³-hybridized carbons (Fsp3) is 0.111. The van der Waals surface area contributed by atoms with Crippen LogP contribution in [0.4, 0.5) is 11.5 Å². The molecule has 1 heterocycles. The van der Waals surface area contributed by atoms with Gasteiger partial charge in [-0.3, -0.25) is 4.79 Å². The summed E-state index contributed by atoms with van der Waals surface area (Å²) >= 11 is 6.04. The van der Waals surface area contributed by atoms with Gasteiger partial charge in [-0.05, 0) is 42.5 Å². The molecule has 0 bridgehead atoms. The summed E-state index contributed by atoms with van der Waals surface area (Å²) in [6.07, 6.45) is 1.12. The lowest BCUT2D eigenvalue weighted by molar-refractivity contribution is 0.100. The highest BCUT2D eigenvalue weighted by Crippen LogP contribution is 2.30. The van der Waals surface area contributed by atoms with Crippen LogP contribution in [0.15, 0.2) is 53.4 Å². The third-order valence-corrected chi connectivity index (χ3v) is 5.32. The number of anilines is 2. The van der Waals surface area contributed by atoms with Gasteiger partial charge in [0.25, 0.3) is 5.91 Å². The summed E-state index contributed by atoms with van der Waals surface area (Å²) in [6.45, 7) is 0. The van der Waals surface area contributed by atoms with Gasteiger partial charge in [-0.2, -0.15) is 0 Å². The number of benzene rings is 2. The lowest BCUT2D eigenvalue weighted by Gasteiger charge is -2.21. The van der Waals surface area contributed by atoms with E-state index in [-0.39, 0.29) is 10.5 Å². The van der Waals surface area contributed by atoms with Crippen LogP contribution in [-0.2, 0) is 9.84 Å². The molecular weight excluding hydrogens is 374 g/mol. The van der Waals surface area contributed by atoms with Gasteiger partial charge < -0.3 is 10.6 Å². The minimum atomic E-state index is -3.37. The number of carbonyl (C=O) groups is 1. The molecule has 0 saturated carbocycles. The molecule has 8 heteroatoms. The van der Waals surface area contributed by atoms with Gasteiger partial charge in [-0.1, -0.05) is 17.7 Å². The summed E-state index contributed by atoms with van der Waals surface area (Å²) in [6, 6.07) is 13.2. The molecule has 0 aliphatic heterocycles. The standard InChI is InChI=1S/C18H16ClN3O3S/c1-22(13-5-3-4-12(19)10-13)18-15(17(20)23)9-11-8-14(26(2,24)25)6-7-16(11)21-18/h3-10H,1-2H3,(H2,20,23). The summed E-state index contributed by atoms with van der Waals surface area (Å²) in [5.74, 6) is -0.299. The predicted molar refractivity (Wildman–Crippen MR) is 103 cm³/mol. The van der Waals surface area contributed by atoms with E-state index in [0.717, 1.165) is 11.9 Å². The van der Waals surface area contributed by atoms with Gasteiger partial charge in [-0.15, -0.1) is 0 Å². The fourth-order valence-corrected chi connectivity index (χ4v) is 3.46. The number of aromatic nitrogens is 1. The normalized spacial score (nSPS) is 11.5. The first-order chi connectivity index (χ1) is 12.2. The first-order valence-corrected chi connectivity index (χ1v) is 9.88. The summed E-state index contributed by atoms with van der Waals surface area (Å²) in [5, 5.41) is 1.07. The van der Waals surface area contributed by atoms with Gasteiger partial charge in [0.2, 0.25) is 0 Å². The number of nitrogens with two attached hydrogens (primary N) is 1. The Hall–Kier alpha value is -2.64. The molecular formula is C18H16ClN3O3S. The second kappa shape index (κ2) is 6.59. The largest absolute Gasteiger partial charge is 0.365 e. The number of sulfone groups is 1. The van der Waals surface area contributed by atoms with Crippen LogP contribution in [0.25, 0.3) is 10.9 Å². The average molecular weight is 390 g/mol. The summed E-state index contributed by atoms with van der Waals surface area (Å²) in [7, 11) is -1.62. The van der Waals surface area contributed by atoms with Crippen molar-refractivity contribution >= 4 is 49.8 Å². The molecule has 0 aliphatic carbocycles. The van der Waals surface area contributed by atoms with E-state index in [2.05, 4.69) is 4.98 Å². The summed E-state index contributed by atoms with van der Waals surface area (Å²) in [5.41, 5.74) is 6.99. The molecule has 0 radical (unpaired) electrons. The Balaban J connectivity index is 2.22. The molecule has 0 saturated heterocycles. The number of amides is 1. The first-order valence-electron chi connectivity index (χ1n) is 7.61. The third kappa shape index (κ3) is 3.49. The number of rotatable bonds is 4. The van der Waals surface area contributed by atoms with Crippen LogP contribution in [0.1, 0.15) is 10.4 Å². The van der Waals surface area contributed by atoms with Crippen molar-refractivity contribution in [1.29, 1.82) is 0 Å². The van der Waals surface area contributed by atoms with E-state index in [1.807, 2.05) is 6.07 Å². The van der Waals surface area contributed by atoms with Gasteiger partial charge in [-0.25, -0.2) is 13.4 Å². The van der Waals surface area contributed by atoms with E-state index in [4.69, 9.17) is 17.3 Å². The van der Waals surface area contributed by atoms with Gasteiger partial charge in [0.1, 0.15) is 5.82 Å². The van der Waals surface area contributed by atoms with Crippen LogP contribution in [0.5, 0.6) is 0 Å². The van der Waals surface area contributed by atoms with Crippen molar-refractivity contribution in [3.63, 3.8) is 0 Å². The Morgan fingerprint density at radius 1 is 1.15 bits per heavy atom. The minimum absolute atomic E-state index is 0.151. The Morgan fingerprint density at radius 3 is 2.50 bits per heavy atom. The van der Waals surface area contributed by atoms with Crippen LogP contribution < -0.4 is 10.6 Å². The van der Waals surface area contributed by atoms with Crippen molar-refractivity contribution in [2.45, 2.75) is 4.90 Å². The van der Waals surface area contributed by atoms with Crippen molar-refractivity contribution < 1.29 is 13.2 Å². The van der Waals surface area contributed by atoms with Crippen LogP contribution in [0, 0.1) is 0 Å². The second-order valence-corrected chi connectivity index (χ2v) is 8.34. The maximum atomic E-state index is 12.0. The summed E-state index contributed by atoms with van der Waals surface area (Å²) in [4.78, 5) is 18.3. The third-order valence-electron chi connectivity index (χ3n) is 3.97. The molecule has 1 aromatic heterocycles. The highest BCUT2D eigenvalue weighted by Gasteiger charge is 2.18. The predicted octanol–water partition coefficient (Wildman–Crippen LogP) is 3.16. The monoisotopic (exact) mass is 389 g/mol. The Kier molecular flexibility index (Phi) is 4.60. The molecule has 0 atom stereocenters. The van der Waals surface area contributed by atoms with E-state index in [9.17, 15) is 13.2 Å². The van der Waals surface area contributed by atoms with Crippen LogP contribution in [-0.4, -0.2) is 32.6 Å². The molecule has 134 valence electrons. The zero-order valence-corrected chi connectivity index (χ0v) is 15.7. The molecule has 0 unspecified atom stereocenters. The van der Waals surface area contributed by atoms with Gasteiger partial charge >= 0.3 is 0 Å². The van der Waals surface area contributed by atoms with Crippen molar-refractivity contribution in [2.24, 2.45) is 5.73 Å². The van der Waals surface area contributed by atoms with Gasteiger partial charge in [0, 0.05) is 29.4 Å². The molecule has 0 spiro atoms. The number of nitrogens with zero attached hydrogens (tertiary/aromatic N) is 2. The quantitative estimate of drug-likeness (QED) is 0.739. The van der Waals surface area contributed by atoms with Crippen molar-refractivity contribution in [1.82, 2.24) is 4.98 Å². The SMILES string of the molecule is CN(c1cccc(Cl)c1)c1nc2ccc(S(C)(=O)=O)cc2cc1C(N)=O. The van der Waals surface area contributed by atoms with Crippen LogP contribution in [0.3, 0.4) is 0 Å². The minimum Gasteiger partial charge on any atom is -0.365 e. The lowest BCUT2D eigenvalue weighted by Crippen LogP contribution is -2.20. The number of hydrogen-bond acceptors (Lipinski definition) is 5. The summed E-state index contributed by atoms with van der Waals surface area (Å²) < 4.78 is 23.5. The number of carbonyl (C=O) groups excluding carboxylic acids is 1. The number of pyridine rings is 1. The zero-order chi connectivity index (χ0) is 19.1. The Bertz CT molecular complexity index is 1130. The maximum absolute atomic E-state index is 12.0. The highest BCUT2D eigenvalue weighted by molar-refractivity contribution is 7.90. The number of hydrogen-bond donors (Lipinski definition) is 1. The molecule has 2 aromatic carbocycles. The van der Waals surface area contributed by atoms with E-state index in [0.29, 0.717) is 21.7 Å². The van der Waals surface area contributed by atoms with Crippen molar-refractivity contribution in [3.05, 3.63) is 59.1 Å². The van der Waals surface area contributed by atoms with E-state index in [1.165, 1.54) is 12.1 Å². The molecule has 2 N–H and O–H groups in total. The first kappa shape index (κ1) is 18.2. The smallest absolute Gasteiger partial charge is 0.252 e. The van der Waals surface area contributed by atoms with Gasteiger partial charge in [0.05, 0.1) is 16.0 Å². The average Bonchev–Trinajstić information content (AvgIpc) is 2.58. The topological polar surface area (TPSA) is 93.4 Å². The molecule has 26 heavy (non-hydrogen) atoms. The maximum Gasteiger partial charge on any atom is 0.252 e. The lowest BCUT2D eigenvalue weighted by atomic mass is 10.1. The molecule has 6 nitrogen and oxygen atoms in total. The van der Waals surface area contributed by atoms with E-state index < -0.39 is 15.7 Å². The molecule has 0 aliphatic rings. The number of halogens is 1. The number of primary amides is 1. The second-order valence-electron chi connectivity index (χ2n) is 5.89. The number of fused-ring (bicyclic) bond motifs is 1. The van der Waals surface area contributed by atoms with Crippen LogP contribution >= 0.6 is 11.6 Å². The molecule has 1 amide bonds. The van der Waals surface area contributed by atoms with E-state index in [1.54, 1.807) is 42.3 Å². The van der Waals surface area contributed by atoms with E-state index >= 15 is 0 Å². The Labute approximate surface area is 156 Å². The van der Waals surface area contributed by atoms with Crippen molar-refractivity contribution in [3.8, 4) is 0 Å². The molecule has 0 fully saturated rings. The zero-order valence-electron chi connectivity index (χ0n) is 14.1. The molecule has 3 rings (SSSR count). The molecule has 3 aromatic rings.